The number of rotatable bonds is 0. The van der Waals surface area contributed by atoms with Gasteiger partial charge >= 0.3 is 89.7 Å². The molecule has 2 aromatic carbocycles. The predicted molar refractivity (Wildman–Crippen MR) is 62.6 cm³/mol. The molecule has 0 spiro atoms. The number of anilines is 2. The van der Waals surface area contributed by atoms with Gasteiger partial charge in [0.05, 0.1) is 0 Å². The van der Waals surface area contributed by atoms with E-state index in [0.717, 1.165) is 0 Å². The van der Waals surface area contributed by atoms with Crippen molar-refractivity contribution in [2.24, 2.45) is 0 Å². The van der Waals surface area contributed by atoms with Gasteiger partial charge in [-0.3, -0.25) is 0 Å². The first-order chi connectivity index (χ1) is 6.93. The molecule has 1 nitrogen and oxygen atoms in total. The summed E-state index contributed by atoms with van der Waals surface area (Å²) in [5.74, 6) is 0. The van der Waals surface area contributed by atoms with Gasteiger partial charge in [0.25, 0.3) is 0 Å². The number of fused-ring (bicyclic) bond motifs is 2. The predicted octanol–water partition coefficient (Wildman–Crippen LogP) is 1.13. The van der Waals surface area contributed by atoms with Gasteiger partial charge < -0.3 is 0 Å². The zero-order valence-corrected chi connectivity index (χ0v) is 9.72. The third-order valence-electron chi connectivity index (χ3n) is 2.39. The topological polar surface area (TPSA) is 12.0 Å². The second kappa shape index (κ2) is 3.18. The molecule has 3 rings (SSSR count). The Hall–Kier alpha value is -1.20. The van der Waals surface area contributed by atoms with Crippen molar-refractivity contribution in [1.29, 1.82) is 0 Å². The number of para-hydroxylation sites is 2. The molecule has 0 atom stereocenters. The quantitative estimate of drug-likeness (QED) is 0.584. The van der Waals surface area contributed by atoms with Crippen molar-refractivity contribution in [3.8, 4) is 0 Å². The summed E-state index contributed by atoms with van der Waals surface area (Å²) in [6.07, 6.45) is 0. The van der Waals surface area contributed by atoms with E-state index in [-0.39, 0.29) is 15.8 Å². The monoisotopic (exact) mass is 243 g/mol. The van der Waals surface area contributed by atoms with Gasteiger partial charge in [0.2, 0.25) is 0 Å². The van der Waals surface area contributed by atoms with Crippen LogP contribution in [-0.4, -0.2) is 15.8 Å². The fraction of sp³-hybridized carbons (Fsp3) is 0. The molecule has 0 radical (unpaired) electrons. The van der Waals surface area contributed by atoms with Crippen molar-refractivity contribution in [2.75, 3.05) is 5.32 Å². The molecule has 0 bridgehead atoms. The van der Waals surface area contributed by atoms with E-state index in [4.69, 9.17) is 0 Å². The van der Waals surface area contributed by atoms with Crippen LogP contribution in [0.15, 0.2) is 48.5 Å². The molecule has 0 aliphatic carbocycles. The van der Waals surface area contributed by atoms with Gasteiger partial charge in [0, 0.05) is 0 Å². The number of hydrogen-bond donors (Lipinski definition) is 1. The van der Waals surface area contributed by atoms with Crippen LogP contribution in [0.3, 0.4) is 0 Å². The Morgan fingerprint density at radius 2 is 1.21 bits per heavy atom. The molecule has 1 N–H and O–H groups in total. The standard InChI is InChI=1S/C12H10AsN/c1-3-7-11-9(5-1)13-10-6-2-4-8-12(10)14-11/h1-8,13-14H. The Kier molecular flexibility index (Phi) is 1.85. The van der Waals surface area contributed by atoms with Crippen molar-refractivity contribution in [3.05, 3.63) is 48.5 Å². The summed E-state index contributed by atoms with van der Waals surface area (Å²) in [7, 11) is 0. The Morgan fingerprint density at radius 1 is 0.714 bits per heavy atom. The normalized spacial score (nSPS) is 12.6. The summed E-state index contributed by atoms with van der Waals surface area (Å²) in [6, 6.07) is 17.2. The van der Waals surface area contributed by atoms with Gasteiger partial charge in [-0.05, 0) is 0 Å². The molecule has 2 heteroatoms. The summed E-state index contributed by atoms with van der Waals surface area (Å²) < 4.78 is 3.01. The third kappa shape index (κ3) is 1.25. The third-order valence-corrected chi connectivity index (χ3v) is 5.35. The van der Waals surface area contributed by atoms with Crippen LogP contribution in [0.2, 0.25) is 0 Å². The second-order valence-corrected chi connectivity index (χ2v) is 6.13. The van der Waals surface area contributed by atoms with E-state index in [0.29, 0.717) is 0 Å². The summed E-state index contributed by atoms with van der Waals surface area (Å²) in [4.78, 5) is 0. The summed E-state index contributed by atoms with van der Waals surface area (Å²) in [5, 5.41) is 3.47. The van der Waals surface area contributed by atoms with Crippen LogP contribution in [0.5, 0.6) is 0 Å². The van der Waals surface area contributed by atoms with Crippen LogP contribution in [0.1, 0.15) is 0 Å². The fourth-order valence-electron chi connectivity index (χ4n) is 1.69. The van der Waals surface area contributed by atoms with Gasteiger partial charge in [-0.1, -0.05) is 0 Å². The Balaban J connectivity index is 2.12. The van der Waals surface area contributed by atoms with Crippen molar-refractivity contribution in [3.63, 3.8) is 0 Å². The zero-order valence-electron chi connectivity index (χ0n) is 7.62. The minimum atomic E-state index is -0.127. The molecule has 14 heavy (non-hydrogen) atoms. The minimum absolute atomic E-state index is 0.127. The average molecular weight is 243 g/mol. The second-order valence-electron chi connectivity index (χ2n) is 3.34. The van der Waals surface area contributed by atoms with Gasteiger partial charge in [0.1, 0.15) is 0 Å². The molecule has 2 aromatic rings. The SMILES string of the molecule is c1ccc2c(c1)Nc1ccccc1[AsH]2. The summed E-state index contributed by atoms with van der Waals surface area (Å²) in [6.45, 7) is 0. The Bertz CT molecular complexity index is 392. The summed E-state index contributed by atoms with van der Waals surface area (Å²) >= 11 is -0.127. The van der Waals surface area contributed by atoms with Crippen molar-refractivity contribution < 1.29 is 0 Å². The molecular formula is C12H10AsN. The first-order valence-electron chi connectivity index (χ1n) is 4.65. The van der Waals surface area contributed by atoms with E-state index in [2.05, 4.69) is 53.8 Å². The van der Waals surface area contributed by atoms with Gasteiger partial charge in [0.15, 0.2) is 0 Å². The Labute approximate surface area is 89.8 Å². The van der Waals surface area contributed by atoms with Crippen molar-refractivity contribution in [1.82, 2.24) is 0 Å². The molecule has 0 unspecified atom stereocenters. The molecule has 1 aliphatic heterocycles. The van der Waals surface area contributed by atoms with E-state index in [1.165, 1.54) is 20.1 Å². The first-order valence-corrected chi connectivity index (χ1v) is 6.75. The Morgan fingerprint density at radius 3 is 1.79 bits per heavy atom. The van der Waals surface area contributed by atoms with Gasteiger partial charge in [-0.2, -0.15) is 0 Å². The van der Waals surface area contributed by atoms with Gasteiger partial charge in [-0.15, -0.1) is 0 Å². The van der Waals surface area contributed by atoms with E-state index in [1.807, 2.05) is 0 Å². The molecule has 0 aromatic heterocycles. The number of nitrogens with one attached hydrogen (secondary N) is 1. The average Bonchev–Trinajstić information content (AvgIpc) is 2.26. The van der Waals surface area contributed by atoms with Crippen LogP contribution in [0.25, 0.3) is 0 Å². The van der Waals surface area contributed by atoms with Crippen LogP contribution < -0.4 is 14.0 Å². The van der Waals surface area contributed by atoms with Crippen LogP contribution in [0.4, 0.5) is 11.4 Å². The van der Waals surface area contributed by atoms with E-state index < -0.39 is 0 Å². The fourth-order valence-corrected chi connectivity index (χ4v) is 4.23. The zero-order chi connectivity index (χ0) is 9.38. The van der Waals surface area contributed by atoms with Crippen molar-refractivity contribution >= 4 is 35.8 Å². The molecule has 68 valence electrons. The van der Waals surface area contributed by atoms with Crippen LogP contribution in [0, 0.1) is 0 Å². The number of hydrogen-bond acceptors (Lipinski definition) is 1. The maximum atomic E-state index is 3.47. The number of benzene rings is 2. The van der Waals surface area contributed by atoms with Gasteiger partial charge in [-0.25, -0.2) is 0 Å². The maximum absolute atomic E-state index is 3.47. The molecule has 0 amide bonds. The van der Waals surface area contributed by atoms with E-state index in [1.54, 1.807) is 0 Å². The molecule has 0 fully saturated rings. The van der Waals surface area contributed by atoms with E-state index >= 15 is 0 Å². The molecular weight excluding hydrogens is 233 g/mol. The van der Waals surface area contributed by atoms with Crippen molar-refractivity contribution in [2.45, 2.75) is 0 Å². The molecule has 0 saturated heterocycles. The van der Waals surface area contributed by atoms with E-state index in [9.17, 15) is 0 Å². The molecule has 0 saturated carbocycles. The van der Waals surface area contributed by atoms with Crippen LogP contribution in [-0.2, 0) is 0 Å². The summed E-state index contributed by atoms with van der Waals surface area (Å²) in [5.41, 5.74) is 2.59. The molecule has 1 heterocycles. The molecule has 1 aliphatic rings. The first kappa shape index (κ1) is 8.14. The van der Waals surface area contributed by atoms with Crippen LogP contribution >= 0.6 is 0 Å².